The summed E-state index contributed by atoms with van der Waals surface area (Å²) in [6.45, 7) is 2.37. The Bertz CT molecular complexity index is 504. The molecule has 1 aromatic heterocycles. The van der Waals surface area contributed by atoms with Gasteiger partial charge in [0.1, 0.15) is 5.69 Å². The third kappa shape index (κ3) is 2.08. The number of nitrogens with one attached hydrogen (secondary N) is 2. The molecule has 0 aliphatic carbocycles. The lowest BCUT2D eigenvalue weighted by molar-refractivity contribution is -0.142. The van der Waals surface area contributed by atoms with Gasteiger partial charge in [-0.1, -0.05) is 6.92 Å². The Morgan fingerprint density at radius 2 is 2.18 bits per heavy atom. The fraction of sp³-hybridized carbons (Fsp3) is 0.500. The summed E-state index contributed by atoms with van der Waals surface area (Å²) < 4.78 is 0. The molecule has 1 aliphatic rings. The third-order valence-corrected chi connectivity index (χ3v) is 3.04. The second-order valence-corrected chi connectivity index (χ2v) is 4.29. The molecular weight excluding hydrogens is 226 g/mol. The van der Waals surface area contributed by atoms with E-state index >= 15 is 0 Å². The summed E-state index contributed by atoms with van der Waals surface area (Å²) in [6, 6.07) is 0. The number of imidazole rings is 1. The van der Waals surface area contributed by atoms with Crippen molar-refractivity contribution in [1.82, 2.24) is 14.9 Å². The minimum absolute atomic E-state index is 0.0814. The molecule has 1 amide bonds. The number of aromatic amines is 2. The number of aromatic nitrogens is 2. The number of hydrogen-bond donors (Lipinski definition) is 3. The number of nitrogens with zero attached hydrogens (tertiary/aromatic N) is 1. The van der Waals surface area contributed by atoms with E-state index in [0.717, 1.165) is 0 Å². The number of hydrogen-bond acceptors (Lipinski definition) is 3. The first-order valence-electron chi connectivity index (χ1n) is 5.29. The highest BCUT2D eigenvalue weighted by molar-refractivity contribution is 5.92. The Kier molecular flexibility index (Phi) is 2.74. The fourth-order valence-electron chi connectivity index (χ4n) is 2.07. The molecule has 2 heterocycles. The van der Waals surface area contributed by atoms with Crippen LogP contribution < -0.4 is 5.69 Å². The van der Waals surface area contributed by atoms with E-state index in [1.165, 1.54) is 11.1 Å². The zero-order valence-corrected chi connectivity index (χ0v) is 9.27. The molecule has 0 spiro atoms. The maximum Gasteiger partial charge on any atom is 0.323 e. The maximum absolute atomic E-state index is 11.9. The van der Waals surface area contributed by atoms with E-state index < -0.39 is 17.6 Å². The van der Waals surface area contributed by atoms with Gasteiger partial charge in [-0.05, 0) is 5.92 Å². The minimum atomic E-state index is -0.893. The number of amides is 1. The Hall–Kier alpha value is -2.05. The monoisotopic (exact) mass is 239 g/mol. The second kappa shape index (κ2) is 4.08. The van der Waals surface area contributed by atoms with Crippen molar-refractivity contribution in [3.63, 3.8) is 0 Å². The first-order chi connectivity index (χ1) is 7.99. The van der Waals surface area contributed by atoms with E-state index in [4.69, 9.17) is 5.11 Å². The average molecular weight is 239 g/mol. The number of rotatable bonds is 2. The van der Waals surface area contributed by atoms with Gasteiger partial charge in [-0.25, -0.2) is 4.79 Å². The first-order valence-corrected chi connectivity index (χ1v) is 5.29. The van der Waals surface area contributed by atoms with E-state index in [1.807, 2.05) is 0 Å². The summed E-state index contributed by atoms with van der Waals surface area (Å²) in [5.74, 6) is -1.86. The fourth-order valence-corrected chi connectivity index (χ4v) is 2.07. The number of likely N-dealkylation sites (tertiary alicyclic amines) is 1. The topological polar surface area (TPSA) is 106 Å². The molecular formula is C10H13N3O4. The predicted octanol–water partition coefficient (Wildman–Crippen LogP) is -0.504. The van der Waals surface area contributed by atoms with Gasteiger partial charge < -0.3 is 20.0 Å². The molecule has 1 saturated heterocycles. The summed E-state index contributed by atoms with van der Waals surface area (Å²) in [7, 11) is 0. The molecule has 7 nitrogen and oxygen atoms in total. The standard InChI is InChI=1S/C10H13N3O4/c1-5-3-13(4-6(5)9(15)16)8(14)7-2-11-10(17)12-7/h2,5-6H,3-4H2,1H3,(H,15,16)(H2,11,12,17). The first kappa shape index (κ1) is 11.4. The van der Waals surface area contributed by atoms with Crippen LogP contribution >= 0.6 is 0 Å². The number of H-pyrrole nitrogens is 2. The highest BCUT2D eigenvalue weighted by Gasteiger charge is 2.37. The average Bonchev–Trinajstić information content (AvgIpc) is 2.83. The van der Waals surface area contributed by atoms with Crippen molar-refractivity contribution in [2.45, 2.75) is 6.92 Å². The molecule has 1 aromatic rings. The van der Waals surface area contributed by atoms with Crippen LogP contribution in [0.4, 0.5) is 0 Å². The lowest BCUT2D eigenvalue weighted by Crippen LogP contribution is -2.30. The summed E-state index contributed by atoms with van der Waals surface area (Å²) >= 11 is 0. The summed E-state index contributed by atoms with van der Waals surface area (Å²) in [5, 5.41) is 8.96. The highest BCUT2D eigenvalue weighted by Crippen LogP contribution is 2.24. The quantitative estimate of drug-likeness (QED) is 0.646. The molecule has 1 aliphatic heterocycles. The number of aliphatic carboxylic acids is 1. The lowest BCUT2D eigenvalue weighted by Gasteiger charge is -2.14. The van der Waals surface area contributed by atoms with Crippen LogP contribution in [-0.4, -0.2) is 44.9 Å². The van der Waals surface area contributed by atoms with Gasteiger partial charge in [-0.3, -0.25) is 9.59 Å². The van der Waals surface area contributed by atoms with Crippen molar-refractivity contribution in [3.05, 3.63) is 22.4 Å². The van der Waals surface area contributed by atoms with Gasteiger partial charge in [0.25, 0.3) is 5.91 Å². The van der Waals surface area contributed by atoms with E-state index in [-0.39, 0.29) is 24.1 Å². The van der Waals surface area contributed by atoms with Crippen LogP contribution in [0.3, 0.4) is 0 Å². The van der Waals surface area contributed by atoms with Gasteiger partial charge in [-0.2, -0.15) is 0 Å². The summed E-state index contributed by atoms with van der Waals surface area (Å²) in [5.41, 5.74) is -0.288. The second-order valence-electron chi connectivity index (χ2n) is 4.29. The van der Waals surface area contributed by atoms with Crippen molar-refractivity contribution < 1.29 is 14.7 Å². The molecule has 0 aromatic carbocycles. The van der Waals surface area contributed by atoms with Gasteiger partial charge >= 0.3 is 11.7 Å². The Morgan fingerprint density at radius 1 is 1.47 bits per heavy atom. The summed E-state index contributed by atoms with van der Waals surface area (Å²) in [4.78, 5) is 39.9. The highest BCUT2D eigenvalue weighted by atomic mass is 16.4. The smallest absolute Gasteiger partial charge is 0.323 e. The molecule has 92 valence electrons. The molecule has 2 rings (SSSR count). The predicted molar refractivity (Wildman–Crippen MR) is 57.6 cm³/mol. The van der Waals surface area contributed by atoms with Crippen molar-refractivity contribution in [2.24, 2.45) is 11.8 Å². The number of carbonyl (C=O) groups is 2. The third-order valence-electron chi connectivity index (χ3n) is 3.04. The molecule has 3 N–H and O–H groups in total. The summed E-state index contributed by atoms with van der Waals surface area (Å²) in [6.07, 6.45) is 1.30. The molecule has 0 radical (unpaired) electrons. The van der Waals surface area contributed by atoms with Gasteiger partial charge in [0.05, 0.1) is 5.92 Å². The number of carboxylic acids is 1. The van der Waals surface area contributed by atoms with E-state index in [0.29, 0.717) is 6.54 Å². The Labute approximate surface area is 96.4 Å². The number of carbonyl (C=O) groups excluding carboxylic acids is 1. The van der Waals surface area contributed by atoms with Crippen molar-refractivity contribution >= 4 is 11.9 Å². The van der Waals surface area contributed by atoms with Crippen LogP contribution in [0.5, 0.6) is 0 Å². The lowest BCUT2D eigenvalue weighted by atomic mass is 9.99. The van der Waals surface area contributed by atoms with E-state index in [2.05, 4.69) is 9.97 Å². The molecule has 0 bridgehead atoms. The molecule has 7 heteroatoms. The molecule has 17 heavy (non-hydrogen) atoms. The van der Waals surface area contributed by atoms with Crippen LogP contribution in [0.25, 0.3) is 0 Å². The van der Waals surface area contributed by atoms with Gasteiger partial charge in [-0.15, -0.1) is 0 Å². The molecule has 2 unspecified atom stereocenters. The minimum Gasteiger partial charge on any atom is -0.481 e. The van der Waals surface area contributed by atoms with Crippen LogP contribution in [0.2, 0.25) is 0 Å². The Balaban J connectivity index is 2.13. The van der Waals surface area contributed by atoms with Crippen LogP contribution in [-0.2, 0) is 4.79 Å². The number of carboxylic acid groups (broad SMARTS) is 1. The van der Waals surface area contributed by atoms with Gasteiger partial charge in [0, 0.05) is 19.3 Å². The normalized spacial score (nSPS) is 23.9. The van der Waals surface area contributed by atoms with Gasteiger partial charge in [0.2, 0.25) is 0 Å². The van der Waals surface area contributed by atoms with E-state index in [9.17, 15) is 14.4 Å². The van der Waals surface area contributed by atoms with Crippen molar-refractivity contribution in [1.29, 1.82) is 0 Å². The van der Waals surface area contributed by atoms with E-state index in [1.54, 1.807) is 6.92 Å². The molecule has 2 atom stereocenters. The largest absolute Gasteiger partial charge is 0.481 e. The Morgan fingerprint density at radius 3 is 2.65 bits per heavy atom. The van der Waals surface area contributed by atoms with Crippen LogP contribution in [0, 0.1) is 11.8 Å². The molecule has 0 saturated carbocycles. The maximum atomic E-state index is 11.9. The zero-order chi connectivity index (χ0) is 12.6. The zero-order valence-electron chi connectivity index (χ0n) is 9.27. The van der Waals surface area contributed by atoms with Crippen LogP contribution in [0.15, 0.2) is 11.0 Å². The van der Waals surface area contributed by atoms with Crippen molar-refractivity contribution in [2.75, 3.05) is 13.1 Å². The van der Waals surface area contributed by atoms with Gasteiger partial charge in [0.15, 0.2) is 0 Å². The SMILES string of the molecule is CC1CN(C(=O)c2c[nH]c(=O)[nH]2)CC1C(=O)O. The molecule has 1 fully saturated rings. The van der Waals surface area contributed by atoms with Crippen LogP contribution in [0.1, 0.15) is 17.4 Å². The van der Waals surface area contributed by atoms with Crippen molar-refractivity contribution in [3.8, 4) is 0 Å².